The maximum atomic E-state index is 12.7. The summed E-state index contributed by atoms with van der Waals surface area (Å²) in [6.45, 7) is 0.585. The Bertz CT molecular complexity index is 1080. The van der Waals surface area contributed by atoms with Crippen LogP contribution in [-0.4, -0.2) is 46.9 Å². The van der Waals surface area contributed by atoms with E-state index in [4.69, 9.17) is 0 Å². The molecule has 3 heterocycles. The number of anilines is 1. The molecule has 0 unspecified atom stereocenters. The summed E-state index contributed by atoms with van der Waals surface area (Å²) < 4.78 is 26.7. The molecule has 1 amide bonds. The number of carbonyl (C=O) groups excluding carboxylic acids is 1. The number of pyridine rings is 1. The third-order valence-electron chi connectivity index (χ3n) is 4.77. The lowest BCUT2D eigenvalue weighted by Gasteiger charge is -2.30. The SMILES string of the molecule is O=C(Nc1nnc(-c2ccccc2)s1)C1CCN(S(=O)(=O)c2cccnc2)CC1. The molecule has 0 atom stereocenters. The van der Waals surface area contributed by atoms with Crippen LogP contribution >= 0.6 is 11.3 Å². The summed E-state index contributed by atoms with van der Waals surface area (Å²) in [6.07, 6.45) is 3.78. The summed E-state index contributed by atoms with van der Waals surface area (Å²) in [5, 5.41) is 12.2. The number of benzene rings is 1. The number of nitrogens with one attached hydrogen (secondary N) is 1. The van der Waals surface area contributed by atoms with Crippen molar-refractivity contribution in [2.45, 2.75) is 17.7 Å². The second-order valence-corrected chi connectivity index (χ2v) is 9.55. The molecule has 0 aliphatic carbocycles. The zero-order chi connectivity index (χ0) is 20.3. The fourth-order valence-corrected chi connectivity index (χ4v) is 5.37. The van der Waals surface area contributed by atoms with E-state index in [1.54, 1.807) is 6.07 Å². The minimum Gasteiger partial charge on any atom is -0.300 e. The predicted molar refractivity (Wildman–Crippen MR) is 110 cm³/mol. The summed E-state index contributed by atoms with van der Waals surface area (Å²) in [7, 11) is -3.58. The lowest BCUT2D eigenvalue weighted by Crippen LogP contribution is -2.41. The maximum Gasteiger partial charge on any atom is 0.244 e. The molecule has 0 bridgehead atoms. The van der Waals surface area contributed by atoms with Gasteiger partial charge in [0.05, 0.1) is 0 Å². The Balaban J connectivity index is 1.36. The van der Waals surface area contributed by atoms with Crippen LogP contribution in [0.1, 0.15) is 12.8 Å². The van der Waals surface area contributed by atoms with Gasteiger partial charge in [-0.25, -0.2) is 8.42 Å². The second-order valence-electron chi connectivity index (χ2n) is 6.63. The van der Waals surface area contributed by atoms with Gasteiger partial charge in [0.25, 0.3) is 0 Å². The molecule has 150 valence electrons. The monoisotopic (exact) mass is 429 g/mol. The minimum atomic E-state index is -3.58. The Morgan fingerprint density at radius 2 is 1.83 bits per heavy atom. The Morgan fingerprint density at radius 1 is 1.07 bits per heavy atom. The molecule has 10 heteroatoms. The maximum absolute atomic E-state index is 12.7. The highest BCUT2D eigenvalue weighted by atomic mass is 32.2. The Morgan fingerprint density at radius 3 is 2.52 bits per heavy atom. The van der Waals surface area contributed by atoms with Crippen molar-refractivity contribution in [3.63, 3.8) is 0 Å². The first-order valence-electron chi connectivity index (χ1n) is 9.14. The molecule has 4 rings (SSSR count). The van der Waals surface area contributed by atoms with E-state index in [0.29, 0.717) is 31.1 Å². The quantitative estimate of drug-likeness (QED) is 0.668. The number of piperidine rings is 1. The fourth-order valence-electron chi connectivity index (χ4n) is 3.19. The first kappa shape index (κ1) is 19.6. The Hall–Kier alpha value is -2.69. The van der Waals surface area contributed by atoms with Gasteiger partial charge in [-0.3, -0.25) is 9.78 Å². The first-order valence-corrected chi connectivity index (χ1v) is 11.4. The number of hydrogen-bond acceptors (Lipinski definition) is 7. The van der Waals surface area contributed by atoms with Gasteiger partial charge in [-0.1, -0.05) is 41.7 Å². The molecule has 1 aliphatic heterocycles. The highest BCUT2D eigenvalue weighted by molar-refractivity contribution is 7.89. The van der Waals surface area contributed by atoms with E-state index in [9.17, 15) is 13.2 Å². The minimum absolute atomic E-state index is 0.154. The van der Waals surface area contributed by atoms with E-state index < -0.39 is 10.0 Å². The number of sulfonamides is 1. The average molecular weight is 430 g/mol. The molecule has 1 aromatic carbocycles. The van der Waals surface area contributed by atoms with Crippen molar-refractivity contribution in [3.8, 4) is 10.6 Å². The van der Waals surface area contributed by atoms with Gasteiger partial charge in [-0.15, -0.1) is 10.2 Å². The smallest absolute Gasteiger partial charge is 0.244 e. The molecule has 8 nitrogen and oxygen atoms in total. The van der Waals surface area contributed by atoms with Gasteiger partial charge in [0.1, 0.15) is 9.90 Å². The van der Waals surface area contributed by atoms with Gasteiger partial charge in [-0.2, -0.15) is 4.31 Å². The molecule has 29 heavy (non-hydrogen) atoms. The number of carbonyl (C=O) groups is 1. The van der Waals surface area contributed by atoms with Crippen LogP contribution in [0, 0.1) is 5.92 Å². The van der Waals surface area contributed by atoms with Crippen LogP contribution in [0.5, 0.6) is 0 Å². The number of rotatable bonds is 5. The van der Waals surface area contributed by atoms with Crippen molar-refractivity contribution in [3.05, 3.63) is 54.9 Å². The van der Waals surface area contributed by atoms with Gasteiger partial charge in [-0.05, 0) is 25.0 Å². The molecule has 3 aromatic rings. The summed E-state index contributed by atoms with van der Waals surface area (Å²) in [4.78, 5) is 16.6. The molecule has 1 aliphatic rings. The van der Waals surface area contributed by atoms with Crippen LogP contribution in [0.15, 0.2) is 59.8 Å². The third-order valence-corrected chi connectivity index (χ3v) is 7.54. The van der Waals surface area contributed by atoms with E-state index in [1.165, 1.54) is 34.1 Å². The lowest BCUT2D eigenvalue weighted by atomic mass is 9.97. The predicted octanol–water partition coefficient (Wildman–Crippen LogP) is 2.64. The molecular weight excluding hydrogens is 410 g/mol. The van der Waals surface area contributed by atoms with Crippen LogP contribution < -0.4 is 5.32 Å². The summed E-state index contributed by atoms with van der Waals surface area (Å²) >= 11 is 1.31. The second kappa shape index (κ2) is 8.36. The molecule has 2 aromatic heterocycles. The first-order chi connectivity index (χ1) is 14.0. The number of amides is 1. The van der Waals surface area contributed by atoms with Gasteiger partial charge < -0.3 is 5.32 Å². The van der Waals surface area contributed by atoms with E-state index in [-0.39, 0.29) is 16.7 Å². The zero-order valence-corrected chi connectivity index (χ0v) is 17.1. The van der Waals surface area contributed by atoms with Crippen molar-refractivity contribution >= 4 is 32.4 Å². The van der Waals surface area contributed by atoms with E-state index in [0.717, 1.165) is 10.6 Å². The molecule has 1 saturated heterocycles. The topological polar surface area (TPSA) is 105 Å². The summed E-state index contributed by atoms with van der Waals surface area (Å²) in [6, 6.07) is 12.8. The van der Waals surface area contributed by atoms with Crippen LogP contribution in [-0.2, 0) is 14.8 Å². The fraction of sp³-hybridized carbons (Fsp3) is 0.263. The van der Waals surface area contributed by atoms with Gasteiger partial charge in [0.15, 0.2) is 0 Å². The molecule has 1 N–H and O–H groups in total. The largest absolute Gasteiger partial charge is 0.300 e. The highest BCUT2D eigenvalue weighted by Crippen LogP contribution is 2.28. The van der Waals surface area contributed by atoms with Crippen LogP contribution in [0.3, 0.4) is 0 Å². The number of hydrogen-bond donors (Lipinski definition) is 1. The van der Waals surface area contributed by atoms with Gasteiger partial charge in [0, 0.05) is 37.0 Å². The van der Waals surface area contributed by atoms with Crippen molar-refractivity contribution in [1.29, 1.82) is 0 Å². The molecule has 0 spiro atoms. The summed E-state index contributed by atoms with van der Waals surface area (Å²) in [5.74, 6) is -0.418. The molecular formula is C19H19N5O3S2. The molecule has 1 fully saturated rings. The average Bonchev–Trinajstić information content (AvgIpc) is 3.23. The highest BCUT2D eigenvalue weighted by Gasteiger charge is 2.32. The van der Waals surface area contributed by atoms with Crippen LogP contribution in [0.25, 0.3) is 10.6 Å². The zero-order valence-electron chi connectivity index (χ0n) is 15.4. The number of nitrogens with zero attached hydrogens (tertiary/aromatic N) is 4. The third kappa shape index (κ3) is 4.34. The van der Waals surface area contributed by atoms with Crippen molar-refractivity contribution in [1.82, 2.24) is 19.5 Å². The van der Waals surface area contributed by atoms with E-state index >= 15 is 0 Å². The summed E-state index contributed by atoms with van der Waals surface area (Å²) in [5.41, 5.74) is 0.944. The Kier molecular flexibility index (Phi) is 5.65. The van der Waals surface area contributed by atoms with Crippen molar-refractivity contribution < 1.29 is 13.2 Å². The lowest BCUT2D eigenvalue weighted by molar-refractivity contribution is -0.120. The molecule has 0 saturated carbocycles. The van der Waals surface area contributed by atoms with E-state index in [1.807, 2.05) is 30.3 Å². The van der Waals surface area contributed by atoms with Gasteiger partial charge >= 0.3 is 0 Å². The van der Waals surface area contributed by atoms with Crippen LogP contribution in [0.2, 0.25) is 0 Å². The Labute approximate surface area is 172 Å². The van der Waals surface area contributed by atoms with Crippen LogP contribution in [0.4, 0.5) is 5.13 Å². The number of aromatic nitrogens is 3. The standard InChI is InChI=1S/C19H19N5O3S2/c25-17(21-19-23-22-18(28-19)15-5-2-1-3-6-15)14-8-11-24(12-9-14)29(26,27)16-7-4-10-20-13-16/h1-7,10,13-14H,8-9,11-12H2,(H,21,23,25). The van der Waals surface area contributed by atoms with Gasteiger partial charge in [0.2, 0.25) is 21.1 Å². The van der Waals surface area contributed by atoms with Crippen molar-refractivity contribution in [2.75, 3.05) is 18.4 Å². The normalized spacial score (nSPS) is 15.9. The van der Waals surface area contributed by atoms with Crippen molar-refractivity contribution in [2.24, 2.45) is 5.92 Å². The van der Waals surface area contributed by atoms with E-state index in [2.05, 4.69) is 20.5 Å². The molecule has 0 radical (unpaired) electrons.